The maximum atomic E-state index is 13.2. The van der Waals surface area contributed by atoms with Crippen molar-refractivity contribution in [2.75, 3.05) is 6.54 Å². The van der Waals surface area contributed by atoms with E-state index in [-0.39, 0.29) is 11.9 Å². The highest BCUT2D eigenvalue weighted by atomic mass is 79.9. The molecule has 1 unspecified atom stereocenters. The fraction of sp³-hybridized carbons (Fsp3) is 0.250. The van der Waals surface area contributed by atoms with Gasteiger partial charge in [-0.25, -0.2) is 4.39 Å². The molecule has 0 fully saturated rings. The Balaban J connectivity index is 2.35. The number of hydrogen-bond donors (Lipinski definition) is 1. The van der Waals surface area contributed by atoms with Crippen LogP contribution in [0.5, 0.6) is 0 Å². The second kappa shape index (κ2) is 7.59. The Morgan fingerprint density at radius 1 is 1.19 bits per heavy atom. The number of halogens is 4. The van der Waals surface area contributed by atoms with E-state index >= 15 is 0 Å². The van der Waals surface area contributed by atoms with Crippen LogP contribution in [0.25, 0.3) is 0 Å². The first-order valence-corrected chi connectivity index (χ1v) is 8.19. The van der Waals surface area contributed by atoms with E-state index in [4.69, 9.17) is 23.2 Å². The summed E-state index contributed by atoms with van der Waals surface area (Å²) >= 11 is 16.0. The van der Waals surface area contributed by atoms with Gasteiger partial charge in [-0.2, -0.15) is 0 Å². The SMILES string of the molecule is CCNC(Cc1ccc(F)cc1Br)c1c(Cl)cccc1Cl. The van der Waals surface area contributed by atoms with Crippen LogP contribution in [-0.2, 0) is 6.42 Å². The van der Waals surface area contributed by atoms with Gasteiger partial charge in [0, 0.05) is 26.1 Å². The number of benzene rings is 2. The summed E-state index contributed by atoms with van der Waals surface area (Å²) in [6, 6.07) is 10.1. The zero-order chi connectivity index (χ0) is 15.4. The second-order valence-electron chi connectivity index (χ2n) is 4.69. The average molecular weight is 391 g/mol. The van der Waals surface area contributed by atoms with Gasteiger partial charge in [0.15, 0.2) is 0 Å². The average Bonchev–Trinajstić information content (AvgIpc) is 2.41. The normalized spacial score (nSPS) is 12.4. The minimum Gasteiger partial charge on any atom is -0.310 e. The summed E-state index contributed by atoms with van der Waals surface area (Å²) in [6.07, 6.45) is 0.665. The zero-order valence-corrected chi connectivity index (χ0v) is 14.6. The molecule has 0 heterocycles. The molecule has 0 radical (unpaired) electrons. The van der Waals surface area contributed by atoms with Gasteiger partial charge in [0.05, 0.1) is 0 Å². The van der Waals surface area contributed by atoms with Gasteiger partial charge >= 0.3 is 0 Å². The minimum atomic E-state index is -0.263. The summed E-state index contributed by atoms with van der Waals surface area (Å²) in [4.78, 5) is 0. The van der Waals surface area contributed by atoms with E-state index < -0.39 is 0 Å². The number of rotatable bonds is 5. The lowest BCUT2D eigenvalue weighted by molar-refractivity contribution is 0.548. The quantitative estimate of drug-likeness (QED) is 0.681. The highest BCUT2D eigenvalue weighted by Gasteiger charge is 2.19. The molecule has 0 aliphatic heterocycles. The first-order chi connectivity index (χ1) is 10.0. The molecule has 0 aliphatic carbocycles. The van der Waals surface area contributed by atoms with Crippen LogP contribution in [0, 0.1) is 5.82 Å². The lowest BCUT2D eigenvalue weighted by Crippen LogP contribution is -2.23. The molecule has 1 atom stereocenters. The Hall–Kier alpha value is -0.610. The molecule has 2 aromatic rings. The Bertz CT molecular complexity index is 613. The van der Waals surface area contributed by atoms with Gasteiger partial charge in [0.1, 0.15) is 5.82 Å². The Labute approximate surface area is 142 Å². The third-order valence-electron chi connectivity index (χ3n) is 3.24. The molecule has 0 spiro atoms. The van der Waals surface area contributed by atoms with Crippen molar-refractivity contribution in [3.05, 3.63) is 67.9 Å². The van der Waals surface area contributed by atoms with Crippen LogP contribution >= 0.6 is 39.1 Å². The third kappa shape index (κ3) is 4.19. The summed E-state index contributed by atoms with van der Waals surface area (Å²) < 4.78 is 13.9. The van der Waals surface area contributed by atoms with E-state index in [1.807, 2.05) is 25.1 Å². The van der Waals surface area contributed by atoms with Crippen molar-refractivity contribution >= 4 is 39.1 Å². The van der Waals surface area contributed by atoms with Gasteiger partial charge in [0.25, 0.3) is 0 Å². The minimum absolute atomic E-state index is 0.0297. The second-order valence-corrected chi connectivity index (χ2v) is 6.35. The number of hydrogen-bond acceptors (Lipinski definition) is 1. The van der Waals surface area contributed by atoms with Crippen molar-refractivity contribution in [3.63, 3.8) is 0 Å². The van der Waals surface area contributed by atoms with Crippen molar-refractivity contribution in [1.29, 1.82) is 0 Å². The Morgan fingerprint density at radius 3 is 2.43 bits per heavy atom. The van der Waals surface area contributed by atoms with Crippen LogP contribution in [0.15, 0.2) is 40.9 Å². The smallest absolute Gasteiger partial charge is 0.124 e. The first-order valence-electron chi connectivity index (χ1n) is 6.64. The largest absolute Gasteiger partial charge is 0.310 e. The summed E-state index contributed by atoms with van der Waals surface area (Å²) in [5, 5.41) is 4.65. The summed E-state index contributed by atoms with van der Waals surface area (Å²) in [7, 11) is 0. The molecule has 2 aromatic carbocycles. The zero-order valence-electron chi connectivity index (χ0n) is 11.5. The van der Waals surface area contributed by atoms with Crippen molar-refractivity contribution in [2.45, 2.75) is 19.4 Å². The predicted octanol–water partition coefficient (Wildman–Crippen LogP) is 5.79. The molecule has 0 saturated carbocycles. The van der Waals surface area contributed by atoms with Gasteiger partial charge < -0.3 is 5.32 Å². The van der Waals surface area contributed by atoms with E-state index in [1.54, 1.807) is 6.07 Å². The van der Waals surface area contributed by atoms with E-state index in [9.17, 15) is 4.39 Å². The van der Waals surface area contributed by atoms with Crippen molar-refractivity contribution < 1.29 is 4.39 Å². The maximum absolute atomic E-state index is 13.2. The molecule has 112 valence electrons. The van der Waals surface area contributed by atoms with E-state index in [2.05, 4.69) is 21.2 Å². The van der Waals surface area contributed by atoms with Crippen LogP contribution in [0.2, 0.25) is 10.0 Å². The molecular formula is C16H15BrCl2FN. The van der Waals surface area contributed by atoms with Gasteiger partial charge in [0.2, 0.25) is 0 Å². The lowest BCUT2D eigenvalue weighted by atomic mass is 9.98. The summed E-state index contributed by atoms with van der Waals surface area (Å²) in [6.45, 7) is 2.81. The van der Waals surface area contributed by atoms with Crippen LogP contribution < -0.4 is 5.32 Å². The highest BCUT2D eigenvalue weighted by Crippen LogP contribution is 2.33. The monoisotopic (exact) mass is 389 g/mol. The molecule has 0 aliphatic rings. The fourth-order valence-electron chi connectivity index (χ4n) is 2.27. The van der Waals surface area contributed by atoms with E-state index in [1.165, 1.54) is 12.1 Å². The molecule has 0 amide bonds. The standard InChI is InChI=1S/C16H15BrCl2FN/c1-2-21-15(16-13(18)4-3-5-14(16)19)8-10-6-7-11(20)9-12(10)17/h3-7,9,15,21H,2,8H2,1H3. The molecule has 1 nitrogen and oxygen atoms in total. The molecule has 0 saturated heterocycles. The van der Waals surface area contributed by atoms with E-state index in [0.29, 0.717) is 16.5 Å². The van der Waals surface area contributed by atoms with Crippen LogP contribution in [0.4, 0.5) is 4.39 Å². The molecule has 0 bridgehead atoms. The highest BCUT2D eigenvalue weighted by molar-refractivity contribution is 9.10. The molecular weight excluding hydrogens is 376 g/mol. The predicted molar refractivity (Wildman–Crippen MR) is 90.7 cm³/mol. The van der Waals surface area contributed by atoms with Crippen molar-refractivity contribution in [3.8, 4) is 0 Å². The molecule has 2 rings (SSSR count). The fourth-order valence-corrected chi connectivity index (χ4v) is 3.45. The van der Waals surface area contributed by atoms with Gasteiger partial charge in [-0.3, -0.25) is 0 Å². The van der Waals surface area contributed by atoms with Crippen LogP contribution in [0.1, 0.15) is 24.1 Å². The van der Waals surface area contributed by atoms with Crippen molar-refractivity contribution in [1.82, 2.24) is 5.32 Å². The Morgan fingerprint density at radius 2 is 1.86 bits per heavy atom. The summed E-state index contributed by atoms with van der Waals surface area (Å²) in [5.41, 5.74) is 1.87. The maximum Gasteiger partial charge on any atom is 0.124 e. The van der Waals surface area contributed by atoms with Gasteiger partial charge in [-0.05, 0) is 42.8 Å². The van der Waals surface area contributed by atoms with Gasteiger partial charge in [-0.1, -0.05) is 58.2 Å². The number of nitrogens with one attached hydrogen (secondary N) is 1. The molecule has 0 aromatic heterocycles. The number of likely N-dealkylation sites (N-methyl/N-ethyl adjacent to an activating group) is 1. The molecule has 21 heavy (non-hydrogen) atoms. The molecule has 5 heteroatoms. The van der Waals surface area contributed by atoms with Gasteiger partial charge in [-0.15, -0.1) is 0 Å². The summed E-state index contributed by atoms with van der Waals surface area (Å²) in [5.74, 6) is -0.263. The van der Waals surface area contributed by atoms with Crippen LogP contribution in [-0.4, -0.2) is 6.54 Å². The topological polar surface area (TPSA) is 12.0 Å². The van der Waals surface area contributed by atoms with Crippen LogP contribution in [0.3, 0.4) is 0 Å². The Kier molecular flexibility index (Phi) is 6.06. The van der Waals surface area contributed by atoms with E-state index in [0.717, 1.165) is 22.1 Å². The van der Waals surface area contributed by atoms with Crippen molar-refractivity contribution in [2.24, 2.45) is 0 Å². The molecule has 1 N–H and O–H groups in total. The first kappa shape index (κ1) is 16.8. The lowest BCUT2D eigenvalue weighted by Gasteiger charge is -2.21. The third-order valence-corrected chi connectivity index (χ3v) is 4.64.